The van der Waals surface area contributed by atoms with E-state index >= 15 is 0 Å². The van der Waals surface area contributed by atoms with E-state index in [1.807, 2.05) is 53.4 Å². The highest BCUT2D eigenvalue weighted by Crippen LogP contribution is 2.42. The summed E-state index contributed by atoms with van der Waals surface area (Å²) in [5, 5.41) is 22.5. The fraction of sp³-hybridized carbons (Fsp3) is 0.310. The maximum absolute atomic E-state index is 13.1. The molecule has 0 radical (unpaired) electrons. The first kappa shape index (κ1) is 23.1. The number of nitriles is 1. The third kappa shape index (κ3) is 4.79. The van der Waals surface area contributed by atoms with E-state index in [0.717, 1.165) is 42.7 Å². The number of aliphatic hydroxyl groups excluding tert-OH is 1. The Balaban J connectivity index is 1.35. The van der Waals surface area contributed by atoms with Gasteiger partial charge in [-0.25, -0.2) is 4.79 Å². The average molecular weight is 467 g/mol. The number of fused-ring (bicyclic) bond motifs is 1. The molecule has 2 aliphatic rings. The summed E-state index contributed by atoms with van der Waals surface area (Å²) in [5.74, 6) is 0.157. The highest BCUT2D eigenvalue weighted by molar-refractivity contribution is 5.89. The number of urea groups is 1. The van der Waals surface area contributed by atoms with Crippen molar-refractivity contribution in [3.63, 3.8) is 0 Å². The zero-order chi connectivity index (χ0) is 24.2. The van der Waals surface area contributed by atoms with E-state index in [4.69, 9.17) is 0 Å². The third-order valence-corrected chi connectivity index (χ3v) is 7.30. The lowest BCUT2D eigenvalue weighted by Crippen LogP contribution is -2.68. The van der Waals surface area contributed by atoms with Gasteiger partial charge in [0, 0.05) is 36.8 Å². The van der Waals surface area contributed by atoms with E-state index in [1.54, 1.807) is 6.07 Å². The van der Waals surface area contributed by atoms with E-state index < -0.39 is 0 Å². The summed E-state index contributed by atoms with van der Waals surface area (Å²) < 4.78 is 0. The van der Waals surface area contributed by atoms with Crippen LogP contribution < -0.4 is 5.32 Å². The number of amides is 2. The summed E-state index contributed by atoms with van der Waals surface area (Å²) in [6.45, 7) is 2.41. The predicted molar refractivity (Wildman–Crippen MR) is 137 cm³/mol. The van der Waals surface area contributed by atoms with Gasteiger partial charge in [-0.05, 0) is 60.3 Å². The molecule has 2 saturated heterocycles. The largest absolute Gasteiger partial charge is 0.395 e. The third-order valence-electron chi connectivity index (χ3n) is 7.30. The lowest BCUT2D eigenvalue weighted by Gasteiger charge is -2.57. The van der Waals surface area contributed by atoms with Crippen molar-refractivity contribution in [2.45, 2.75) is 30.8 Å². The van der Waals surface area contributed by atoms with Crippen LogP contribution in [0.15, 0.2) is 78.9 Å². The second-order valence-corrected chi connectivity index (χ2v) is 9.34. The Kier molecular flexibility index (Phi) is 6.80. The number of benzene rings is 3. The van der Waals surface area contributed by atoms with Crippen LogP contribution in [-0.4, -0.2) is 59.3 Å². The average Bonchev–Trinajstić information content (AvgIpc) is 2.88. The molecule has 0 spiro atoms. The molecule has 35 heavy (non-hydrogen) atoms. The van der Waals surface area contributed by atoms with E-state index in [0.29, 0.717) is 12.1 Å². The minimum absolute atomic E-state index is 0.0601. The lowest BCUT2D eigenvalue weighted by atomic mass is 9.74. The second-order valence-electron chi connectivity index (χ2n) is 9.34. The normalized spacial score (nSPS) is 22.2. The van der Waals surface area contributed by atoms with Crippen LogP contribution in [0.5, 0.6) is 0 Å². The molecule has 2 N–H and O–H groups in total. The predicted octanol–water partition coefficient (Wildman–Crippen LogP) is 4.68. The molecule has 3 atom stereocenters. The molecule has 2 heterocycles. The fourth-order valence-corrected chi connectivity index (χ4v) is 5.51. The molecule has 5 rings (SSSR count). The van der Waals surface area contributed by atoms with Gasteiger partial charge in [0.2, 0.25) is 0 Å². The Morgan fingerprint density at radius 2 is 1.74 bits per heavy atom. The monoisotopic (exact) mass is 466 g/mol. The standard InChI is InChI=1S/C29H30N4O2/c30-18-21-7-6-8-24(17-21)22-11-13-23(14-12-22)28-26-19-32(15-4-5-16-33(26)27(28)20-34)29(35)31-25-9-2-1-3-10-25/h1-3,6-14,17,26-28,34H,4-5,15-16,19-20H2,(H,31,35)/t26-,27+,28+/m0/s1. The van der Waals surface area contributed by atoms with Gasteiger partial charge in [-0.15, -0.1) is 0 Å². The van der Waals surface area contributed by atoms with Crippen molar-refractivity contribution in [1.82, 2.24) is 9.80 Å². The Bertz CT molecular complexity index is 1210. The number of nitrogens with zero attached hydrogens (tertiary/aromatic N) is 3. The van der Waals surface area contributed by atoms with Gasteiger partial charge in [0.05, 0.1) is 18.2 Å². The van der Waals surface area contributed by atoms with Gasteiger partial charge in [0.1, 0.15) is 0 Å². The molecule has 3 aromatic carbocycles. The smallest absolute Gasteiger partial charge is 0.321 e. The van der Waals surface area contributed by atoms with Crippen molar-refractivity contribution in [1.29, 1.82) is 5.26 Å². The molecule has 0 unspecified atom stereocenters. The van der Waals surface area contributed by atoms with Crippen LogP contribution in [-0.2, 0) is 0 Å². The van der Waals surface area contributed by atoms with Gasteiger partial charge in [-0.1, -0.05) is 54.6 Å². The van der Waals surface area contributed by atoms with Crippen LogP contribution in [0, 0.1) is 11.3 Å². The minimum Gasteiger partial charge on any atom is -0.395 e. The number of anilines is 1. The molecule has 0 bridgehead atoms. The summed E-state index contributed by atoms with van der Waals surface area (Å²) in [7, 11) is 0. The molecule has 3 aromatic rings. The molecule has 178 valence electrons. The van der Waals surface area contributed by atoms with E-state index in [9.17, 15) is 15.2 Å². The van der Waals surface area contributed by atoms with Crippen LogP contribution in [0.25, 0.3) is 11.1 Å². The number of hydrogen-bond donors (Lipinski definition) is 2. The molecule has 2 aliphatic heterocycles. The van der Waals surface area contributed by atoms with Gasteiger partial charge in [-0.2, -0.15) is 5.26 Å². The maximum atomic E-state index is 13.1. The first-order valence-corrected chi connectivity index (χ1v) is 12.3. The van der Waals surface area contributed by atoms with E-state index in [2.05, 4.69) is 40.6 Å². The Hall–Kier alpha value is -3.66. The quantitative estimate of drug-likeness (QED) is 0.585. The van der Waals surface area contributed by atoms with Gasteiger partial charge < -0.3 is 15.3 Å². The molecular weight excluding hydrogens is 436 g/mol. The Morgan fingerprint density at radius 3 is 2.49 bits per heavy atom. The number of rotatable bonds is 4. The minimum atomic E-state index is -0.0722. The first-order valence-electron chi connectivity index (χ1n) is 12.3. The summed E-state index contributed by atoms with van der Waals surface area (Å²) >= 11 is 0. The van der Waals surface area contributed by atoms with Gasteiger partial charge in [-0.3, -0.25) is 4.90 Å². The van der Waals surface area contributed by atoms with Crippen LogP contribution >= 0.6 is 0 Å². The van der Waals surface area contributed by atoms with Crippen molar-refractivity contribution in [2.24, 2.45) is 0 Å². The molecule has 0 saturated carbocycles. The second kappa shape index (κ2) is 10.3. The maximum Gasteiger partial charge on any atom is 0.321 e. The zero-order valence-corrected chi connectivity index (χ0v) is 19.7. The van der Waals surface area contributed by atoms with Crippen molar-refractivity contribution >= 4 is 11.7 Å². The summed E-state index contributed by atoms with van der Waals surface area (Å²) in [4.78, 5) is 17.4. The topological polar surface area (TPSA) is 79.6 Å². The van der Waals surface area contributed by atoms with Crippen molar-refractivity contribution in [3.05, 3.63) is 90.0 Å². The molecular formula is C29H30N4O2. The Morgan fingerprint density at radius 1 is 0.971 bits per heavy atom. The number of para-hydroxylation sites is 1. The zero-order valence-electron chi connectivity index (χ0n) is 19.7. The molecule has 6 nitrogen and oxygen atoms in total. The molecule has 2 amide bonds. The number of hydrogen-bond acceptors (Lipinski definition) is 4. The van der Waals surface area contributed by atoms with Gasteiger partial charge in [0.25, 0.3) is 0 Å². The SMILES string of the molecule is N#Cc1cccc(-c2ccc([C@H]3[C@@H](CO)N4CCCCN(C(=O)Nc5ccccc5)C[C@@H]34)cc2)c1. The van der Waals surface area contributed by atoms with Crippen molar-refractivity contribution in [3.8, 4) is 17.2 Å². The van der Waals surface area contributed by atoms with Crippen LogP contribution in [0.1, 0.15) is 29.9 Å². The summed E-state index contributed by atoms with van der Waals surface area (Å²) in [6.07, 6.45) is 1.95. The number of carbonyl (C=O) groups excluding carboxylic acids is 1. The molecule has 2 fully saturated rings. The van der Waals surface area contributed by atoms with E-state index in [1.165, 1.54) is 5.56 Å². The lowest BCUT2D eigenvalue weighted by molar-refractivity contribution is -0.0585. The number of nitrogens with one attached hydrogen (secondary N) is 1. The fourth-order valence-electron chi connectivity index (χ4n) is 5.51. The molecule has 0 aliphatic carbocycles. The summed E-state index contributed by atoms with van der Waals surface area (Å²) in [5.41, 5.74) is 4.69. The van der Waals surface area contributed by atoms with Gasteiger partial charge in [0.15, 0.2) is 0 Å². The first-order chi connectivity index (χ1) is 17.2. The summed E-state index contributed by atoms with van der Waals surface area (Å²) in [6, 6.07) is 28.0. The van der Waals surface area contributed by atoms with Crippen molar-refractivity contribution in [2.75, 3.05) is 31.6 Å². The van der Waals surface area contributed by atoms with Crippen LogP contribution in [0.4, 0.5) is 10.5 Å². The number of carbonyl (C=O) groups is 1. The molecule has 6 heteroatoms. The Labute approximate surface area is 206 Å². The van der Waals surface area contributed by atoms with E-state index in [-0.39, 0.29) is 30.6 Å². The van der Waals surface area contributed by atoms with Crippen molar-refractivity contribution < 1.29 is 9.90 Å². The van der Waals surface area contributed by atoms with Crippen LogP contribution in [0.2, 0.25) is 0 Å². The highest BCUT2D eigenvalue weighted by atomic mass is 16.3. The number of aliphatic hydroxyl groups is 1. The highest BCUT2D eigenvalue weighted by Gasteiger charge is 2.49. The molecule has 0 aromatic heterocycles. The van der Waals surface area contributed by atoms with Crippen LogP contribution in [0.3, 0.4) is 0 Å². The van der Waals surface area contributed by atoms with Gasteiger partial charge >= 0.3 is 6.03 Å².